The lowest BCUT2D eigenvalue weighted by molar-refractivity contribution is 0.371. The average molecular weight is 449 g/mol. The standard InChI is InChI=1S/C17H12IN3O2S/c1-23-15-8-10(7-12(18)16(15)22)6-11(9-19)24-17-20-13-4-2-3-5-14(13)21-17/h2-8,22H,1H3,(H,20,21)/b11-6+. The number of hydrogen-bond donors (Lipinski definition) is 2. The van der Waals surface area contributed by atoms with Crippen molar-refractivity contribution in [1.82, 2.24) is 9.97 Å². The molecule has 0 spiro atoms. The minimum Gasteiger partial charge on any atom is -0.504 e. The molecule has 2 aromatic carbocycles. The van der Waals surface area contributed by atoms with E-state index in [-0.39, 0.29) is 5.75 Å². The quantitative estimate of drug-likeness (QED) is 0.347. The number of aromatic nitrogens is 2. The molecule has 1 aromatic heterocycles. The SMILES string of the molecule is COc1cc(/C=C(\C#N)Sc2nc3ccccc3[nH]2)cc(I)c1O. The molecule has 0 saturated carbocycles. The molecule has 24 heavy (non-hydrogen) atoms. The molecule has 3 aromatic rings. The Kier molecular flexibility index (Phi) is 4.97. The lowest BCUT2D eigenvalue weighted by Crippen LogP contribution is -1.88. The number of aromatic amines is 1. The smallest absolute Gasteiger partial charge is 0.171 e. The van der Waals surface area contributed by atoms with Gasteiger partial charge in [-0.3, -0.25) is 0 Å². The van der Waals surface area contributed by atoms with E-state index < -0.39 is 0 Å². The van der Waals surface area contributed by atoms with Crippen molar-refractivity contribution in [3.63, 3.8) is 0 Å². The van der Waals surface area contributed by atoms with Crippen molar-refractivity contribution in [2.45, 2.75) is 5.16 Å². The van der Waals surface area contributed by atoms with E-state index in [0.717, 1.165) is 16.6 Å². The molecule has 0 aliphatic heterocycles. The Bertz CT molecular complexity index is 943. The van der Waals surface area contributed by atoms with Gasteiger partial charge in [0.1, 0.15) is 6.07 Å². The van der Waals surface area contributed by atoms with Crippen LogP contribution in [-0.2, 0) is 0 Å². The number of imidazole rings is 1. The number of hydrogen-bond acceptors (Lipinski definition) is 5. The Labute approximate surface area is 156 Å². The van der Waals surface area contributed by atoms with Crippen molar-refractivity contribution in [3.05, 3.63) is 50.4 Å². The van der Waals surface area contributed by atoms with Crippen LogP contribution in [-0.4, -0.2) is 22.2 Å². The minimum atomic E-state index is 0.0960. The first-order valence-electron chi connectivity index (χ1n) is 6.91. The van der Waals surface area contributed by atoms with E-state index in [9.17, 15) is 10.4 Å². The summed E-state index contributed by atoms with van der Waals surface area (Å²) in [5.74, 6) is 0.470. The Hall–Kier alpha value is -2.18. The van der Waals surface area contributed by atoms with E-state index >= 15 is 0 Å². The van der Waals surface area contributed by atoms with Gasteiger partial charge < -0.3 is 14.8 Å². The van der Waals surface area contributed by atoms with Crippen molar-refractivity contribution in [3.8, 4) is 17.6 Å². The van der Waals surface area contributed by atoms with Crippen LogP contribution in [0.4, 0.5) is 0 Å². The van der Waals surface area contributed by atoms with Gasteiger partial charge in [-0.1, -0.05) is 12.1 Å². The van der Waals surface area contributed by atoms with E-state index in [1.54, 1.807) is 18.2 Å². The lowest BCUT2D eigenvalue weighted by Gasteiger charge is -2.06. The molecule has 120 valence electrons. The number of para-hydroxylation sites is 2. The number of nitrogens with zero attached hydrogens (tertiary/aromatic N) is 2. The van der Waals surface area contributed by atoms with Gasteiger partial charge in [-0.05, 0) is 70.3 Å². The summed E-state index contributed by atoms with van der Waals surface area (Å²) in [5.41, 5.74) is 2.56. The molecule has 0 aliphatic rings. The molecule has 0 fully saturated rings. The number of halogens is 1. The molecule has 7 heteroatoms. The molecule has 0 amide bonds. The number of nitrogens with one attached hydrogen (secondary N) is 1. The van der Waals surface area contributed by atoms with Crippen LogP contribution in [0.3, 0.4) is 0 Å². The first-order valence-corrected chi connectivity index (χ1v) is 8.81. The fourth-order valence-electron chi connectivity index (χ4n) is 2.15. The number of thioether (sulfide) groups is 1. The van der Waals surface area contributed by atoms with Gasteiger partial charge in [0.05, 0.1) is 26.6 Å². The Morgan fingerprint density at radius 2 is 2.21 bits per heavy atom. The summed E-state index contributed by atoms with van der Waals surface area (Å²) in [6, 6.07) is 13.4. The van der Waals surface area contributed by atoms with Crippen molar-refractivity contribution >= 4 is 51.5 Å². The van der Waals surface area contributed by atoms with Crippen LogP contribution in [0.25, 0.3) is 17.1 Å². The highest BCUT2D eigenvalue weighted by atomic mass is 127. The van der Waals surface area contributed by atoms with Gasteiger partial charge in [-0.25, -0.2) is 4.98 Å². The Balaban J connectivity index is 1.92. The predicted molar refractivity (Wildman–Crippen MR) is 103 cm³/mol. The average Bonchev–Trinajstić information content (AvgIpc) is 2.99. The van der Waals surface area contributed by atoms with Gasteiger partial charge in [-0.2, -0.15) is 5.26 Å². The van der Waals surface area contributed by atoms with Gasteiger partial charge in [0, 0.05) is 0 Å². The van der Waals surface area contributed by atoms with Gasteiger partial charge in [-0.15, -0.1) is 0 Å². The topological polar surface area (TPSA) is 81.9 Å². The number of ether oxygens (including phenoxy) is 1. The monoisotopic (exact) mass is 449 g/mol. The number of rotatable bonds is 4. The number of phenolic OH excluding ortho intramolecular Hbond substituents is 1. The van der Waals surface area contributed by atoms with Gasteiger partial charge in [0.25, 0.3) is 0 Å². The largest absolute Gasteiger partial charge is 0.504 e. The lowest BCUT2D eigenvalue weighted by atomic mass is 10.2. The highest BCUT2D eigenvalue weighted by Gasteiger charge is 2.10. The van der Waals surface area contributed by atoms with Crippen molar-refractivity contribution in [2.75, 3.05) is 7.11 Å². The summed E-state index contributed by atoms with van der Waals surface area (Å²) in [5, 5.41) is 20.0. The van der Waals surface area contributed by atoms with Crippen LogP contribution in [0.15, 0.2) is 46.5 Å². The minimum absolute atomic E-state index is 0.0960. The first-order chi connectivity index (χ1) is 11.6. The molecule has 0 aliphatic carbocycles. The fraction of sp³-hybridized carbons (Fsp3) is 0.0588. The molecular weight excluding hydrogens is 437 g/mol. The maximum absolute atomic E-state index is 9.89. The van der Waals surface area contributed by atoms with Gasteiger partial charge in [0.15, 0.2) is 16.7 Å². The zero-order chi connectivity index (χ0) is 17.1. The molecule has 3 rings (SSSR count). The number of aromatic hydroxyl groups is 1. The third-order valence-electron chi connectivity index (χ3n) is 3.25. The van der Waals surface area contributed by atoms with Crippen LogP contribution in [0.1, 0.15) is 5.56 Å². The Morgan fingerprint density at radius 1 is 1.42 bits per heavy atom. The molecule has 2 N–H and O–H groups in total. The summed E-state index contributed by atoms with van der Waals surface area (Å²) >= 11 is 3.28. The van der Waals surface area contributed by atoms with Crippen LogP contribution < -0.4 is 4.74 Å². The van der Waals surface area contributed by atoms with E-state index in [2.05, 4.69) is 16.0 Å². The second-order valence-electron chi connectivity index (χ2n) is 4.84. The fourth-order valence-corrected chi connectivity index (χ4v) is 3.53. The normalized spacial score (nSPS) is 11.5. The van der Waals surface area contributed by atoms with E-state index in [1.165, 1.54) is 18.9 Å². The Morgan fingerprint density at radius 3 is 2.92 bits per heavy atom. The maximum Gasteiger partial charge on any atom is 0.171 e. The van der Waals surface area contributed by atoms with Crippen molar-refractivity contribution in [1.29, 1.82) is 5.26 Å². The zero-order valence-corrected chi connectivity index (χ0v) is 15.6. The summed E-state index contributed by atoms with van der Waals surface area (Å²) < 4.78 is 5.80. The number of fused-ring (bicyclic) bond motifs is 1. The molecule has 1 heterocycles. The predicted octanol–water partition coefficient (Wildman–Crippen LogP) is 4.54. The molecule has 5 nitrogen and oxygen atoms in total. The number of H-pyrrole nitrogens is 1. The van der Waals surface area contributed by atoms with E-state index in [0.29, 0.717) is 19.4 Å². The number of methoxy groups -OCH3 is 1. The molecule has 0 radical (unpaired) electrons. The van der Waals surface area contributed by atoms with E-state index in [4.69, 9.17) is 4.74 Å². The van der Waals surface area contributed by atoms with Gasteiger partial charge in [0.2, 0.25) is 0 Å². The van der Waals surface area contributed by atoms with Crippen molar-refractivity contribution in [2.24, 2.45) is 0 Å². The molecule has 0 saturated heterocycles. The van der Waals surface area contributed by atoms with Crippen LogP contribution in [0, 0.1) is 14.9 Å². The first kappa shape index (κ1) is 16.7. The third-order valence-corrected chi connectivity index (χ3v) is 4.89. The van der Waals surface area contributed by atoms with E-state index in [1.807, 2.05) is 46.9 Å². The molecular formula is C17H12IN3O2S. The summed E-state index contributed by atoms with van der Waals surface area (Å²) in [7, 11) is 1.49. The second kappa shape index (κ2) is 7.15. The number of nitriles is 1. The van der Waals surface area contributed by atoms with Crippen molar-refractivity contribution < 1.29 is 9.84 Å². The van der Waals surface area contributed by atoms with Crippen LogP contribution >= 0.6 is 34.4 Å². The summed E-state index contributed by atoms with van der Waals surface area (Å²) in [6.45, 7) is 0. The van der Waals surface area contributed by atoms with Crippen LogP contribution in [0.5, 0.6) is 11.5 Å². The summed E-state index contributed by atoms with van der Waals surface area (Å²) in [6.07, 6.45) is 1.74. The zero-order valence-electron chi connectivity index (χ0n) is 12.6. The number of phenols is 1. The molecule has 0 bridgehead atoms. The molecule has 0 unspecified atom stereocenters. The highest BCUT2D eigenvalue weighted by Crippen LogP contribution is 2.34. The van der Waals surface area contributed by atoms with Crippen LogP contribution in [0.2, 0.25) is 0 Å². The number of benzene rings is 2. The highest BCUT2D eigenvalue weighted by molar-refractivity contribution is 14.1. The van der Waals surface area contributed by atoms with Gasteiger partial charge >= 0.3 is 0 Å². The second-order valence-corrected chi connectivity index (χ2v) is 7.03. The third kappa shape index (κ3) is 3.49. The number of allylic oxidation sites excluding steroid dienone is 1. The summed E-state index contributed by atoms with van der Waals surface area (Å²) in [4.78, 5) is 8.12. The maximum atomic E-state index is 9.89. The molecule has 0 atom stereocenters.